The molecule has 0 aliphatic rings. The Kier molecular flexibility index (Phi) is 3.91. The summed E-state index contributed by atoms with van der Waals surface area (Å²) in [5, 5.41) is 8.79. The van der Waals surface area contributed by atoms with Crippen molar-refractivity contribution in [1.29, 1.82) is 5.26 Å². The molecule has 2 aromatic carbocycles. The number of nitrogens with zero attached hydrogens (tertiary/aromatic N) is 1. The highest BCUT2D eigenvalue weighted by atomic mass is 32.2. The van der Waals surface area contributed by atoms with E-state index in [9.17, 15) is 17.2 Å². The maximum absolute atomic E-state index is 13.6. The topological polar surface area (TPSA) is 70.0 Å². The first-order chi connectivity index (χ1) is 9.83. The molecule has 0 spiro atoms. The van der Waals surface area contributed by atoms with Gasteiger partial charge < -0.3 is 0 Å². The van der Waals surface area contributed by atoms with E-state index >= 15 is 0 Å². The molecule has 21 heavy (non-hydrogen) atoms. The minimum Gasteiger partial charge on any atom is -0.279 e. The molecule has 0 heterocycles. The smallest absolute Gasteiger partial charge is 0.261 e. The Morgan fingerprint density at radius 1 is 1.14 bits per heavy atom. The third-order valence-corrected chi connectivity index (χ3v) is 4.22. The Labute approximate surface area is 120 Å². The van der Waals surface area contributed by atoms with E-state index in [4.69, 9.17) is 5.26 Å². The van der Waals surface area contributed by atoms with Crippen LogP contribution in [0.1, 0.15) is 11.1 Å². The predicted octanol–water partition coefficient (Wildman–Crippen LogP) is 2.95. The van der Waals surface area contributed by atoms with Crippen LogP contribution in [0.3, 0.4) is 0 Å². The molecule has 108 valence electrons. The van der Waals surface area contributed by atoms with Crippen LogP contribution in [0.2, 0.25) is 0 Å². The van der Waals surface area contributed by atoms with Crippen LogP contribution < -0.4 is 4.72 Å². The first-order valence-corrected chi connectivity index (χ1v) is 7.30. The van der Waals surface area contributed by atoms with Crippen LogP contribution in [0.15, 0.2) is 41.3 Å². The average molecular weight is 308 g/mol. The zero-order valence-electron chi connectivity index (χ0n) is 10.9. The number of halogens is 2. The van der Waals surface area contributed by atoms with Crippen LogP contribution in [0.4, 0.5) is 14.5 Å². The number of anilines is 1. The Balaban J connectivity index is 2.44. The summed E-state index contributed by atoms with van der Waals surface area (Å²) in [4.78, 5) is -0.161. The Morgan fingerprint density at radius 3 is 2.33 bits per heavy atom. The second-order valence-corrected chi connectivity index (χ2v) is 5.98. The van der Waals surface area contributed by atoms with Crippen molar-refractivity contribution in [1.82, 2.24) is 0 Å². The van der Waals surface area contributed by atoms with Crippen molar-refractivity contribution in [2.24, 2.45) is 0 Å². The largest absolute Gasteiger partial charge is 0.279 e. The lowest BCUT2D eigenvalue weighted by Gasteiger charge is -2.11. The van der Waals surface area contributed by atoms with Gasteiger partial charge in [0, 0.05) is 5.56 Å². The molecule has 0 aliphatic carbocycles. The standard InChI is InChI=1S/C14H10F2N2O2S/c1-9-13(16)6-10(8-17)7-14(9)18-21(19,20)12-4-2-11(15)3-5-12/h2-7,18H,1H3. The van der Waals surface area contributed by atoms with E-state index in [1.165, 1.54) is 13.0 Å². The summed E-state index contributed by atoms with van der Waals surface area (Å²) >= 11 is 0. The summed E-state index contributed by atoms with van der Waals surface area (Å²) in [6, 6.07) is 8.20. The van der Waals surface area contributed by atoms with Gasteiger partial charge in [0.25, 0.3) is 10.0 Å². The maximum atomic E-state index is 13.6. The van der Waals surface area contributed by atoms with E-state index in [0.29, 0.717) is 0 Å². The fourth-order valence-electron chi connectivity index (χ4n) is 1.67. The van der Waals surface area contributed by atoms with E-state index < -0.39 is 21.7 Å². The van der Waals surface area contributed by atoms with E-state index in [0.717, 1.165) is 30.3 Å². The van der Waals surface area contributed by atoms with E-state index in [2.05, 4.69) is 4.72 Å². The SMILES string of the molecule is Cc1c(F)cc(C#N)cc1NS(=O)(=O)c1ccc(F)cc1. The van der Waals surface area contributed by atoms with Gasteiger partial charge in [-0.25, -0.2) is 17.2 Å². The third kappa shape index (κ3) is 3.17. The number of nitrogens with one attached hydrogen (secondary N) is 1. The van der Waals surface area contributed by atoms with Crippen LogP contribution in [-0.4, -0.2) is 8.42 Å². The van der Waals surface area contributed by atoms with Crippen molar-refractivity contribution in [3.63, 3.8) is 0 Å². The van der Waals surface area contributed by atoms with Crippen molar-refractivity contribution >= 4 is 15.7 Å². The number of hydrogen-bond acceptors (Lipinski definition) is 3. The summed E-state index contributed by atoms with van der Waals surface area (Å²) in [5.41, 5.74) is 0.0328. The number of hydrogen-bond donors (Lipinski definition) is 1. The van der Waals surface area contributed by atoms with Crippen LogP contribution in [0.5, 0.6) is 0 Å². The van der Waals surface area contributed by atoms with E-state index in [1.807, 2.05) is 0 Å². The molecular formula is C14H10F2N2O2S. The van der Waals surface area contributed by atoms with Gasteiger partial charge in [-0.05, 0) is 43.3 Å². The minimum atomic E-state index is -3.99. The molecule has 0 unspecified atom stereocenters. The van der Waals surface area contributed by atoms with Crippen molar-refractivity contribution in [2.75, 3.05) is 4.72 Å². The zero-order valence-corrected chi connectivity index (χ0v) is 11.7. The highest BCUT2D eigenvalue weighted by Gasteiger charge is 2.17. The molecule has 0 bridgehead atoms. The molecule has 1 N–H and O–H groups in total. The van der Waals surface area contributed by atoms with Crippen LogP contribution in [-0.2, 0) is 10.0 Å². The summed E-state index contributed by atoms with van der Waals surface area (Å²) in [6.45, 7) is 1.39. The lowest BCUT2D eigenvalue weighted by molar-refractivity contribution is 0.599. The number of sulfonamides is 1. The zero-order chi connectivity index (χ0) is 15.6. The lowest BCUT2D eigenvalue weighted by atomic mass is 10.1. The third-order valence-electron chi connectivity index (χ3n) is 2.84. The summed E-state index contributed by atoms with van der Waals surface area (Å²) < 4.78 is 52.9. The van der Waals surface area contributed by atoms with E-state index in [1.54, 1.807) is 6.07 Å². The van der Waals surface area contributed by atoms with Gasteiger partial charge in [-0.2, -0.15) is 5.26 Å². The van der Waals surface area contributed by atoms with Gasteiger partial charge in [0.2, 0.25) is 0 Å². The quantitative estimate of drug-likeness (QED) is 0.947. The summed E-state index contributed by atoms with van der Waals surface area (Å²) in [5.74, 6) is -1.26. The lowest BCUT2D eigenvalue weighted by Crippen LogP contribution is -2.14. The molecular weight excluding hydrogens is 298 g/mol. The molecule has 0 saturated heterocycles. The minimum absolute atomic E-state index is 0.00472. The van der Waals surface area contributed by atoms with Crippen LogP contribution >= 0.6 is 0 Å². The highest BCUT2D eigenvalue weighted by Crippen LogP contribution is 2.23. The Hall–Kier alpha value is -2.46. The maximum Gasteiger partial charge on any atom is 0.261 e. The first kappa shape index (κ1) is 14.9. The number of rotatable bonds is 3. The highest BCUT2D eigenvalue weighted by molar-refractivity contribution is 7.92. The van der Waals surface area contributed by atoms with Crippen LogP contribution in [0.25, 0.3) is 0 Å². The summed E-state index contributed by atoms with van der Waals surface area (Å²) in [6.07, 6.45) is 0. The molecule has 0 aromatic heterocycles. The van der Waals surface area contributed by atoms with Gasteiger partial charge in [-0.15, -0.1) is 0 Å². The first-order valence-electron chi connectivity index (χ1n) is 5.82. The fraction of sp³-hybridized carbons (Fsp3) is 0.0714. The molecule has 0 radical (unpaired) electrons. The second kappa shape index (κ2) is 5.50. The Bertz CT molecular complexity index is 825. The van der Waals surface area contributed by atoms with Gasteiger partial charge in [-0.1, -0.05) is 0 Å². The van der Waals surface area contributed by atoms with Gasteiger partial charge in [0.15, 0.2) is 0 Å². The van der Waals surface area contributed by atoms with Gasteiger partial charge in [0.05, 0.1) is 22.2 Å². The van der Waals surface area contributed by atoms with Gasteiger partial charge >= 0.3 is 0 Å². The van der Waals surface area contributed by atoms with Crippen LogP contribution in [0, 0.1) is 29.9 Å². The number of nitriles is 1. The molecule has 2 aromatic rings. The second-order valence-electron chi connectivity index (χ2n) is 4.30. The van der Waals surface area contributed by atoms with Crippen molar-refractivity contribution < 1.29 is 17.2 Å². The normalized spacial score (nSPS) is 11.0. The van der Waals surface area contributed by atoms with Crippen molar-refractivity contribution in [3.05, 3.63) is 59.2 Å². The molecule has 7 heteroatoms. The van der Waals surface area contributed by atoms with E-state index in [-0.39, 0.29) is 21.7 Å². The molecule has 0 amide bonds. The monoisotopic (exact) mass is 308 g/mol. The molecule has 0 fully saturated rings. The van der Waals surface area contributed by atoms with Crippen molar-refractivity contribution in [2.45, 2.75) is 11.8 Å². The molecule has 0 atom stereocenters. The molecule has 0 saturated carbocycles. The average Bonchev–Trinajstić information content (AvgIpc) is 2.43. The molecule has 0 aliphatic heterocycles. The van der Waals surface area contributed by atoms with Crippen molar-refractivity contribution in [3.8, 4) is 6.07 Å². The Morgan fingerprint density at radius 2 is 1.76 bits per heavy atom. The number of benzene rings is 2. The summed E-state index contributed by atoms with van der Waals surface area (Å²) in [7, 11) is -3.99. The van der Waals surface area contributed by atoms with Gasteiger partial charge in [-0.3, -0.25) is 4.72 Å². The molecule has 4 nitrogen and oxygen atoms in total. The fourth-order valence-corrected chi connectivity index (χ4v) is 2.78. The predicted molar refractivity (Wildman–Crippen MR) is 73.1 cm³/mol. The van der Waals surface area contributed by atoms with Gasteiger partial charge in [0.1, 0.15) is 11.6 Å². The molecule has 2 rings (SSSR count).